The largest absolute Gasteiger partial charge is 0.349 e. The molecule has 3 aromatic heterocycles. The first kappa shape index (κ1) is 18.6. The summed E-state index contributed by atoms with van der Waals surface area (Å²) < 4.78 is 1.75. The summed E-state index contributed by atoms with van der Waals surface area (Å²) in [7, 11) is 1.84. The number of rotatable bonds is 4. The molecule has 0 saturated heterocycles. The molecule has 0 radical (unpaired) electrons. The lowest BCUT2D eigenvalue weighted by molar-refractivity contribution is 0.0937. The maximum Gasteiger partial charge on any atom is 0.255 e. The topological polar surface area (TPSA) is 112 Å². The molecule has 0 aliphatic heterocycles. The van der Waals surface area contributed by atoms with Crippen molar-refractivity contribution in [1.82, 2.24) is 30.0 Å². The van der Waals surface area contributed by atoms with E-state index in [0.29, 0.717) is 33.1 Å². The number of benzene rings is 1. The number of aryl methyl sites for hydroxylation is 1. The summed E-state index contributed by atoms with van der Waals surface area (Å²) in [5, 5.41) is 18.1. The highest BCUT2D eigenvalue weighted by Gasteiger charge is 2.42. The molecular weight excluding hydrogens is 402 g/mol. The molecule has 3 atom stereocenters. The monoisotopic (exact) mass is 419 g/mol. The fourth-order valence-electron chi connectivity index (χ4n) is 3.91. The lowest BCUT2D eigenvalue weighted by Gasteiger charge is -2.12. The van der Waals surface area contributed by atoms with Gasteiger partial charge in [-0.05, 0) is 37.5 Å². The summed E-state index contributed by atoms with van der Waals surface area (Å²) in [5.74, 6) is -0.000406. The number of aromatic amines is 1. The Morgan fingerprint density at radius 1 is 1.47 bits per heavy atom. The normalized spacial score (nSPS) is 19.0. The molecular formula is C21H18ClN7O. The smallest absolute Gasteiger partial charge is 0.255 e. The zero-order chi connectivity index (χ0) is 21.0. The lowest BCUT2D eigenvalue weighted by atomic mass is 10.1. The average Bonchev–Trinajstić information content (AvgIpc) is 3.31. The van der Waals surface area contributed by atoms with Crippen LogP contribution >= 0.6 is 11.6 Å². The second-order valence-corrected chi connectivity index (χ2v) is 8.12. The first-order chi connectivity index (χ1) is 14.5. The van der Waals surface area contributed by atoms with Gasteiger partial charge in [-0.2, -0.15) is 10.4 Å². The molecule has 0 bridgehead atoms. The predicted octanol–water partition coefficient (Wildman–Crippen LogP) is 3.44. The zero-order valence-corrected chi connectivity index (χ0v) is 17.1. The zero-order valence-electron chi connectivity index (χ0n) is 16.3. The molecule has 0 spiro atoms. The Labute approximate surface area is 176 Å². The maximum atomic E-state index is 12.8. The van der Waals surface area contributed by atoms with Crippen LogP contribution in [-0.2, 0) is 7.05 Å². The van der Waals surface area contributed by atoms with Crippen LogP contribution < -0.4 is 5.32 Å². The molecule has 2 N–H and O–H groups in total. The SMILES string of the molecule is C[C@@H](NC(=O)c1c[nH]c2ncc(-c3nn(C)c4cc(Cl)ccc34)nc12)[C@H]1C[C@H]1C#N. The van der Waals surface area contributed by atoms with Gasteiger partial charge in [0.15, 0.2) is 5.65 Å². The van der Waals surface area contributed by atoms with Gasteiger partial charge in [-0.25, -0.2) is 9.97 Å². The van der Waals surface area contributed by atoms with Gasteiger partial charge in [-0.1, -0.05) is 11.6 Å². The van der Waals surface area contributed by atoms with Crippen LogP contribution in [0.25, 0.3) is 33.5 Å². The Morgan fingerprint density at radius 2 is 2.30 bits per heavy atom. The van der Waals surface area contributed by atoms with Crippen LogP contribution in [0.15, 0.2) is 30.6 Å². The number of hydrogen-bond acceptors (Lipinski definition) is 5. The Kier molecular flexibility index (Phi) is 4.22. The van der Waals surface area contributed by atoms with Crippen molar-refractivity contribution in [2.75, 3.05) is 0 Å². The molecule has 150 valence electrons. The number of halogens is 1. The van der Waals surface area contributed by atoms with Crippen LogP contribution in [0.4, 0.5) is 0 Å². The summed E-state index contributed by atoms with van der Waals surface area (Å²) in [5.41, 5.74) is 3.57. The van der Waals surface area contributed by atoms with Crippen LogP contribution in [0.1, 0.15) is 23.7 Å². The molecule has 9 heteroatoms. The molecule has 1 aliphatic carbocycles. The summed E-state index contributed by atoms with van der Waals surface area (Å²) in [4.78, 5) is 25.0. The number of nitrogens with one attached hydrogen (secondary N) is 2. The first-order valence-corrected chi connectivity index (χ1v) is 10.0. The van der Waals surface area contributed by atoms with Gasteiger partial charge in [0.25, 0.3) is 5.91 Å². The van der Waals surface area contributed by atoms with Crippen LogP contribution in [0.2, 0.25) is 5.02 Å². The Morgan fingerprint density at radius 3 is 3.07 bits per heavy atom. The van der Waals surface area contributed by atoms with Gasteiger partial charge < -0.3 is 10.3 Å². The van der Waals surface area contributed by atoms with E-state index in [4.69, 9.17) is 21.8 Å². The molecule has 8 nitrogen and oxygen atoms in total. The van der Waals surface area contributed by atoms with E-state index in [1.54, 1.807) is 17.1 Å². The van der Waals surface area contributed by atoms with Crippen molar-refractivity contribution in [2.45, 2.75) is 19.4 Å². The predicted molar refractivity (Wildman–Crippen MR) is 113 cm³/mol. The quantitative estimate of drug-likeness (QED) is 0.526. The molecule has 1 aromatic carbocycles. The van der Waals surface area contributed by atoms with Crippen molar-refractivity contribution in [3.05, 3.63) is 41.2 Å². The highest BCUT2D eigenvalue weighted by atomic mass is 35.5. The second kappa shape index (κ2) is 6.82. The van der Waals surface area contributed by atoms with E-state index in [1.165, 1.54) is 0 Å². The van der Waals surface area contributed by atoms with Gasteiger partial charge in [-0.15, -0.1) is 0 Å². The van der Waals surface area contributed by atoms with Gasteiger partial charge in [-0.3, -0.25) is 9.48 Å². The number of carbonyl (C=O) groups is 1. The fraction of sp³-hybridized carbons (Fsp3) is 0.286. The van der Waals surface area contributed by atoms with Gasteiger partial charge in [0, 0.05) is 29.7 Å². The average molecular weight is 420 g/mol. The third kappa shape index (κ3) is 2.99. The van der Waals surface area contributed by atoms with Gasteiger partial charge >= 0.3 is 0 Å². The number of amides is 1. The van der Waals surface area contributed by atoms with Gasteiger partial charge in [0.2, 0.25) is 0 Å². The molecule has 1 amide bonds. The minimum absolute atomic E-state index is 0.0283. The van der Waals surface area contributed by atoms with E-state index in [-0.39, 0.29) is 23.8 Å². The van der Waals surface area contributed by atoms with Crippen molar-refractivity contribution in [1.29, 1.82) is 5.26 Å². The summed E-state index contributed by atoms with van der Waals surface area (Å²) in [6, 6.07) is 7.74. The second-order valence-electron chi connectivity index (χ2n) is 7.69. The van der Waals surface area contributed by atoms with Crippen molar-refractivity contribution < 1.29 is 4.79 Å². The maximum absolute atomic E-state index is 12.8. The molecule has 1 aliphatic rings. The number of aromatic nitrogens is 5. The number of nitriles is 1. The van der Waals surface area contributed by atoms with E-state index in [9.17, 15) is 4.79 Å². The summed E-state index contributed by atoms with van der Waals surface area (Å²) in [6.07, 6.45) is 4.08. The standard InChI is InChI=1S/C21H18ClN7O/c1-10(14-5-11(14)7-23)26-21(30)15-8-24-20-19(15)27-16(9-25-20)18-13-4-3-12(22)6-17(13)29(2)28-18/h3-4,6,8-11,14H,5H2,1-2H3,(H,24,25)(H,26,30)/t10-,11+,14-/m1/s1. The first-order valence-electron chi connectivity index (χ1n) is 9.63. The highest BCUT2D eigenvalue weighted by molar-refractivity contribution is 6.31. The minimum atomic E-state index is -0.235. The number of nitrogens with zero attached hydrogens (tertiary/aromatic N) is 5. The number of carbonyl (C=O) groups excluding carboxylic acids is 1. The summed E-state index contributed by atoms with van der Waals surface area (Å²) in [6.45, 7) is 1.93. The van der Waals surface area contributed by atoms with Crippen molar-refractivity contribution in [3.63, 3.8) is 0 Å². The summed E-state index contributed by atoms with van der Waals surface area (Å²) >= 11 is 6.12. The molecule has 30 heavy (non-hydrogen) atoms. The Bertz CT molecular complexity index is 1350. The van der Waals surface area contributed by atoms with E-state index in [0.717, 1.165) is 17.3 Å². The van der Waals surface area contributed by atoms with E-state index >= 15 is 0 Å². The van der Waals surface area contributed by atoms with Crippen LogP contribution in [0, 0.1) is 23.2 Å². The third-order valence-corrected chi connectivity index (χ3v) is 5.92. The van der Waals surface area contributed by atoms with Crippen LogP contribution in [-0.4, -0.2) is 36.7 Å². The van der Waals surface area contributed by atoms with Gasteiger partial charge in [0.1, 0.15) is 16.9 Å². The van der Waals surface area contributed by atoms with E-state index in [1.807, 2.05) is 32.2 Å². The van der Waals surface area contributed by atoms with Crippen molar-refractivity contribution in [3.8, 4) is 17.5 Å². The molecule has 5 rings (SSSR count). The highest BCUT2D eigenvalue weighted by Crippen LogP contribution is 2.40. The molecule has 1 fully saturated rings. The van der Waals surface area contributed by atoms with Crippen LogP contribution in [0.5, 0.6) is 0 Å². The third-order valence-electron chi connectivity index (χ3n) is 5.69. The fourth-order valence-corrected chi connectivity index (χ4v) is 4.07. The molecule has 3 heterocycles. The Hall–Kier alpha value is -3.44. The van der Waals surface area contributed by atoms with E-state index < -0.39 is 0 Å². The number of fused-ring (bicyclic) bond motifs is 2. The molecule has 4 aromatic rings. The van der Waals surface area contributed by atoms with Crippen molar-refractivity contribution in [2.24, 2.45) is 18.9 Å². The molecule has 0 unspecified atom stereocenters. The molecule has 1 saturated carbocycles. The van der Waals surface area contributed by atoms with Crippen molar-refractivity contribution >= 4 is 39.6 Å². The van der Waals surface area contributed by atoms with Gasteiger partial charge in [0.05, 0.1) is 29.3 Å². The number of hydrogen-bond donors (Lipinski definition) is 2. The van der Waals surface area contributed by atoms with E-state index in [2.05, 4.69) is 26.5 Å². The Balaban J connectivity index is 1.51. The number of H-pyrrole nitrogens is 1. The lowest BCUT2D eigenvalue weighted by Crippen LogP contribution is -2.34. The van der Waals surface area contributed by atoms with Crippen LogP contribution in [0.3, 0.4) is 0 Å². The minimum Gasteiger partial charge on any atom is -0.349 e.